The summed E-state index contributed by atoms with van der Waals surface area (Å²) in [6.07, 6.45) is 8.34. The average Bonchev–Trinajstić information content (AvgIpc) is 2.85. The van der Waals surface area contributed by atoms with Gasteiger partial charge < -0.3 is 10.1 Å². The number of rotatable bonds is 14. The summed E-state index contributed by atoms with van der Waals surface area (Å²) < 4.78 is 5.15. The minimum absolute atomic E-state index is 0.0372. The number of amides is 1. The second-order valence-electron chi connectivity index (χ2n) is 10.1. The first-order valence-electron chi connectivity index (χ1n) is 13.6. The van der Waals surface area contributed by atoms with Crippen molar-refractivity contribution >= 4 is 45.9 Å². The smallest absolute Gasteiger partial charge is 0.240 e. The maximum absolute atomic E-state index is 14.2. The van der Waals surface area contributed by atoms with Crippen molar-refractivity contribution in [1.82, 2.24) is 4.98 Å². The van der Waals surface area contributed by atoms with Crippen molar-refractivity contribution in [2.45, 2.75) is 89.2 Å². The summed E-state index contributed by atoms with van der Waals surface area (Å²) in [6, 6.07) is 14.1. The van der Waals surface area contributed by atoms with Crippen LogP contribution in [0.1, 0.15) is 78.7 Å². The molecule has 1 amide bonds. The SMILES string of the molecule is CCCCCC(CCC)(Sc1cccc(OCC)c1)C(=O)Nc1ccc(CC(C)C)c2ncc(Cl)cc12. The van der Waals surface area contributed by atoms with Crippen molar-refractivity contribution in [2.75, 3.05) is 11.9 Å². The number of aromatic nitrogens is 1. The third-order valence-electron chi connectivity index (χ3n) is 6.46. The number of benzene rings is 2. The lowest BCUT2D eigenvalue weighted by Gasteiger charge is -2.32. The van der Waals surface area contributed by atoms with Crippen LogP contribution in [0.15, 0.2) is 53.6 Å². The number of anilines is 1. The van der Waals surface area contributed by atoms with Crippen LogP contribution >= 0.6 is 23.4 Å². The number of unbranched alkanes of at least 4 members (excludes halogenated alkanes) is 2. The molecule has 0 aliphatic rings. The molecular weight excluding hydrogens is 500 g/mol. The zero-order chi connectivity index (χ0) is 26.8. The highest BCUT2D eigenvalue weighted by molar-refractivity contribution is 8.01. The molecule has 0 spiro atoms. The predicted molar refractivity (Wildman–Crippen MR) is 159 cm³/mol. The standard InChI is InChI=1S/C31H41ClN2O2S/c1-6-9-10-17-31(16-7-2,37-26-13-11-12-25(20-26)36-8-3)30(35)34-28-15-14-23(18-22(4)5)29-27(28)19-24(32)21-33-29/h11-15,19-22H,6-10,16-18H2,1-5H3,(H,34,35). The molecule has 4 nitrogen and oxygen atoms in total. The zero-order valence-electron chi connectivity index (χ0n) is 22.9. The van der Waals surface area contributed by atoms with Crippen molar-refractivity contribution in [2.24, 2.45) is 5.92 Å². The van der Waals surface area contributed by atoms with Gasteiger partial charge in [0.15, 0.2) is 0 Å². The van der Waals surface area contributed by atoms with Crippen LogP contribution in [0.25, 0.3) is 10.9 Å². The molecule has 1 heterocycles. The third kappa shape index (κ3) is 7.87. The van der Waals surface area contributed by atoms with Crippen LogP contribution in [-0.4, -0.2) is 22.2 Å². The number of nitrogens with one attached hydrogen (secondary N) is 1. The molecule has 0 saturated heterocycles. The highest BCUT2D eigenvalue weighted by Gasteiger charge is 2.38. The first-order chi connectivity index (χ1) is 17.8. The Bertz CT molecular complexity index is 1180. The number of carbonyl (C=O) groups excluding carboxylic acids is 1. The van der Waals surface area contributed by atoms with E-state index in [2.05, 4.69) is 50.1 Å². The highest BCUT2D eigenvalue weighted by Crippen LogP contribution is 2.43. The summed E-state index contributed by atoms with van der Waals surface area (Å²) >= 11 is 8.03. The Hall–Kier alpha value is -2.24. The predicted octanol–water partition coefficient (Wildman–Crippen LogP) is 9.34. The van der Waals surface area contributed by atoms with Gasteiger partial charge in [-0.2, -0.15) is 0 Å². The van der Waals surface area contributed by atoms with Crippen LogP contribution in [0.4, 0.5) is 5.69 Å². The van der Waals surface area contributed by atoms with E-state index in [0.717, 1.165) is 72.2 Å². The van der Waals surface area contributed by atoms with E-state index < -0.39 is 4.75 Å². The molecule has 3 rings (SSSR count). The maximum Gasteiger partial charge on any atom is 0.240 e. The molecule has 3 aromatic rings. The Morgan fingerprint density at radius 2 is 1.89 bits per heavy atom. The first kappa shape index (κ1) is 29.3. The number of carbonyl (C=O) groups is 1. The monoisotopic (exact) mass is 540 g/mol. The van der Waals surface area contributed by atoms with E-state index >= 15 is 0 Å². The molecule has 1 unspecified atom stereocenters. The number of thioether (sulfide) groups is 1. The quantitative estimate of drug-likeness (QED) is 0.163. The lowest BCUT2D eigenvalue weighted by atomic mass is 9.93. The van der Waals surface area contributed by atoms with Gasteiger partial charge in [0, 0.05) is 16.5 Å². The molecule has 2 aromatic carbocycles. The molecule has 0 bridgehead atoms. The zero-order valence-corrected chi connectivity index (χ0v) is 24.5. The molecule has 6 heteroatoms. The van der Waals surface area contributed by atoms with E-state index in [1.54, 1.807) is 18.0 Å². The highest BCUT2D eigenvalue weighted by atomic mass is 35.5. The van der Waals surface area contributed by atoms with Gasteiger partial charge in [0.25, 0.3) is 0 Å². The lowest BCUT2D eigenvalue weighted by Crippen LogP contribution is -2.40. The molecule has 0 aliphatic heterocycles. The number of hydrogen-bond donors (Lipinski definition) is 1. The van der Waals surface area contributed by atoms with Crippen LogP contribution in [0.5, 0.6) is 5.75 Å². The molecule has 0 saturated carbocycles. The van der Waals surface area contributed by atoms with Crippen LogP contribution in [0.2, 0.25) is 5.02 Å². The third-order valence-corrected chi connectivity index (χ3v) is 8.14. The molecule has 0 fully saturated rings. The van der Waals surface area contributed by atoms with Crippen molar-refractivity contribution < 1.29 is 9.53 Å². The summed E-state index contributed by atoms with van der Waals surface area (Å²) in [6.45, 7) is 11.3. The van der Waals surface area contributed by atoms with Gasteiger partial charge in [0.05, 0.1) is 27.6 Å². The van der Waals surface area contributed by atoms with Crippen molar-refractivity contribution in [3.05, 3.63) is 59.2 Å². The Morgan fingerprint density at radius 1 is 1.08 bits per heavy atom. The summed E-state index contributed by atoms with van der Waals surface area (Å²) in [4.78, 5) is 19.9. The number of pyridine rings is 1. The fraction of sp³-hybridized carbons (Fsp3) is 0.484. The topological polar surface area (TPSA) is 51.2 Å². The van der Waals surface area contributed by atoms with Gasteiger partial charge in [-0.3, -0.25) is 9.78 Å². The summed E-state index contributed by atoms with van der Waals surface area (Å²) in [5.74, 6) is 1.37. The number of hydrogen-bond acceptors (Lipinski definition) is 4. The van der Waals surface area contributed by atoms with E-state index in [4.69, 9.17) is 16.3 Å². The minimum Gasteiger partial charge on any atom is -0.494 e. The van der Waals surface area contributed by atoms with Crippen LogP contribution < -0.4 is 10.1 Å². The van der Waals surface area contributed by atoms with Crippen molar-refractivity contribution in [3.63, 3.8) is 0 Å². The van der Waals surface area contributed by atoms with Crippen LogP contribution in [0, 0.1) is 5.92 Å². The Kier molecular flexibility index (Phi) is 11.1. The number of nitrogens with zero attached hydrogens (tertiary/aromatic N) is 1. The largest absolute Gasteiger partial charge is 0.494 e. The average molecular weight is 541 g/mol. The normalized spacial score (nSPS) is 13.1. The number of ether oxygens (including phenoxy) is 1. The lowest BCUT2D eigenvalue weighted by molar-refractivity contribution is -0.118. The molecule has 1 atom stereocenters. The van der Waals surface area contributed by atoms with E-state index in [9.17, 15) is 4.79 Å². The fourth-order valence-corrected chi connectivity index (χ4v) is 6.41. The van der Waals surface area contributed by atoms with Crippen LogP contribution in [0.3, 0.4) is 0 Å². The number of fused-ring (bicyclic) bond motifs is 1. The number of halogens is 1. The molecule has 37 heavy (non-hydrogen) atoms. The summed E-state index contributed by atoms with van der Waals surface area (Å²) in [5.41, 5.74) is 2.84. The molecule has 1 aromatic heterocycles. The first-order valence-corrected chi connectivity index (χ1v) is 14.8. The fourth-order valence-electron chi connectivity index (χ4n) is 4.79. The molecule has 0 aliphatic carbocycles. The van der Waals surface area contributed by atoms with Gasteiger partial charge in [-0.1, -0.05) is 77.1 Å². The second kappa shape index (κ2) is 14.1. The van der Waals surface area contributed by atoms with E-state index in [-0.39, 0.29) is 5.91 Å². The maximum atomic E-state index is 14.2. The van der Waals surface area contributed by atoms with Gasteiger partial charge in [0.1, 0.15) is 5.75 Å². The minimum atomic E-state index is -0.594. The second-order valence-corrected chi connectivity index (χ2v) is 12.0. The molecule has 200 valence electrons. The van der Waals surface area contributed by atoms with Gasteiger partial charge in [-0.15, -0.1) is 11.8 Å². The van der Waals surface area contributed by atoms with E-state index in [1.807, 2.05) is 37.3 Å². The van der Waals surface area contributed by atoms with Gasteiger partial charge in [-0.25, -0.2) is 0 Å². The molecule has 0 radical (unpaired) electrons. The molecular formula is C31H41ClN2O2S. The molecule has 1 N–H and O–H groups in total. The Balaban J connectivity index is 2.01. The van der Waals surface area contributed by atoms with E-state index in [0.29, 0.717) is 17.5 Å². The Labute approximate surface area is 231 Å². The van der Waals surface area contributed by atoms with Crippen molar-refractivity contribution in [3.8, 4) is 5.75 Å². The van der Waals surface area contributed by atoms with Gasteiger partial charge in [-0.05, 0) is 68.0 Å². The van der Waals surface area contributed by atoms with Gasteiger partial charge in [0.2, 0.25) is 5.91 Å². The van der Waals surface area contributed by atoms with Gasteiger partial charge >= 0.3 is 0 Å². The summed E-state index contributed by atoms with van der Waals surface area (Å²) in [5, 5.41) is 4.77. The van der Waals surface area contributed by atoms with E-state index in [1.165, 1.54) is 5.56 Å². The van der Waals surface area contributed by atoms with Crippen LogP contribution in [-0.2, 0) is 11.2 Å². The summed E-state index contributed by atoms with van der Waals surface area (Å²) in [7, 11) is 0. The Morgan fingerprint density at radius 3 is 2.59 bits per heavy atom. The van der Waals surface area contributed by atoms with Crippen molar-refractivity contribution in [1.29, 1.82) is 0 Å².